The molecule has 1 N–H and O–H groups in total. The number of fused-ring (bicyclic) bond motifs is 1. The van der Waals surface area contributed by atoms with Crippen LogP contribution in [0.2, 0.25) is 0 Å². The highest BCUT2D eigenvalue weighted by molar-refractivity contribution is 8.01. The number of ether oxygens (including phenoxy) is 1. The van der Waals surface area contributed by atoms with Gasteiger partial charge in [0, 0.05) is 12.2 Å². The Balaban J connectivity index is 1.43. The lowest BCUT2D eigenvalue weighted by Crippen LogP contribution is -2.69. The zero-order valence-corrected chi connectivity index (χ0v) is 17.2. The van der Waals surface area contributed by atoms with Crippen LogP contribution in [0.25, 0.3) is 0 Å². The number of hydrogen-bond acceptors (Lipinski definition) is 7. The van der Waals surface area contributed by atoms with E-state index in [9.17, 15) is 24.0 Å². The number of thioether (sulfide) groups is 1. The van der Waals surface area contributed by atoms with E-state index in [1.54, 1.807) is 16.7 Å². The van der Waals surface area contributed by atoms with Gasteiger partial charge >= 0.3 is 5.97 Å². The topological polar surface area (TPSA) is 113 Å². The molecule has 9 nitrogen and oxygen atoms in total. The van der Waals surface area contributed by atoms with Crippen LogP contribution in [0.1, 0.15) is 51.9 Å². The number of imide groups is 1. The summed E-state index contributed by atoms with van der Waals surface area (Å²) in [7, 11) is 0. The Hall–Kier alpha value is -2.10. The molecule has 0 aromatic heterocycles. The summed E-state index contributed by atoms with van der Waals surface area (Å²) < 4.78 is 5.27. The van der Waals surface area contributed by atoms with E-state index in [1.165, 1.54) is 4.90 Å². The molecule has 0 unspecified atom stereocenters. The Morgan fingerprint density at radius 1 is 1.17 bits per heavy atom. The molecule has 3 heterocycles. The van der Waals surface area contributed by atoms with Crippen molar-refractivity contribution in [3.05, 3.63) is 0 Å². The first-order valence-electron chi connectivity index (χ1n) is 10.0. The van der Waals surface area contributed by atoms with Crippen LogP contribution in [0.3, 0.4) is 0 Å². The fourth-order valence-electron chi connectivity index (χ4n) is 4.96. The van der Waals surface area contributed by atoms with Gasteiger partial charge in [-0.2, -0.15) is 0 Å². The second-order valence-electron chi connectivity index (χ2n) is 8.32. The lowest BCUT2D eigenvalue weighted by atomic mass is 9.78. The van der Waals surface area contributed by atoms with Gasteiger partial charge in [-0.3, -0.25) is 24.5 Å². The minimum atomic E-state index is -1.04. The summed E-state index contributed by atoms with van der Waals surface area (Å²) in [6, 6.07) is -0.706. The van der Waals surface area contributed by atoms with Crippen molar-refractivity contribution in [2.75, 3.05) is 18.9 Å². The van der Waals surface area contributed by atoms with Crippen LogP contribution in [-0.2, 0) is 28.7 Å². The second kappa shape index (κ2) is 7.30. The van der Waals surface area contributed by atoms with Gasteiger partial charge in [0.25, 0.3) is 11.8 Å². The molecule has 2 atom stereocenters. The van der Waals surface area contributed by atoms with Gasteiger partial charge in [0.05, 0.1) is 4.87 Å². The van der Waals surface area contributed by atoms with Crippen LogP contribution in [-0.4, -0.2) is 74.8 Å². The molecule has 10 heteroatoms. The van der Waals surface area contributed by atoms with Crippen molar-refractivity contribution in [3.63, 3.8) is 0 Å². The summed E-state index contributed by atoms with van der Waals surface area (Å²) in [5.74, 6) is -1.79. The number of piperazine rings is 1. The molecule has 0 radical (unpaired) electrons. The van der Waals surface area contributed by atoms with Crippen molar-refractivity contribution < 1.29 is 28.7 Å². The van der Waals surface area contributed by atoms with Gasteiger partial charge < -0.3 is 14.5 Å². The van der Waals surface area contributed by atoms with E-state index >= 15 is 0 Å². The normalized spacial score (nSPS) is 31.1. The molecule has 0 aromatic rings. The van der Waals surface area contributed by atoms with Crippen LogP contribution in [0, 0.1) is 0 Å². The number of esters is 1. The van der Waals surface area contributed by atoms with Crippen LogP contribution in [0.4, 0.5) is 0 Å². The van der Waals surface area contributed by atoms with Crippen molar-refractivity contribution >= 4 is 41.4 Å². The fourth-order valence-corrected chi connectivity index (χ4v) is 6.38. The Morgan fingerprint density at radius 2 is 1.90 bits per heavy atom. The molecule has 0 bridgehead atoms. The van der Waals surface area contributed by atoms with Gasteiger partial charge in [0.2, 0.25) is 11.8 Å². The molecule has 0 aromatic carbocycles. The molecule has 4 aliphatic rings. The summed E-state index contributed by atoms with van der Waals surface area (Å²) in [6.07, 6.45) is 4.63. The highest BCUT2D eigenvalue weighted by atomic mass is 32.2. The summed E-state index contributed by atoms with van der Waals surface area (Å²) in [6.45, 7) is 1.18. The number of carbonyl (C=O) groups excluding carboxylic acids is 5. The van der Waals surface area contributed by atoms with E-state index in [4.69, 9.17) is 4.74 Å². The maximum atomic E-state index is 12.9. The van der Waals surface area contributed by atoms with Crippen LogP contribution < -0.4 is 5.32 Å². The highest BCUT2D eigenvalue weighted by Gasteiger charge is 2.54. The summed E-state index contributed by atoms with van der Waals surface area (Å²) in [4.78, 5) is 64.6. The number of nitrogens with zero attached hydrogens (tertiary/aromatic N) is 2. The fraction of sp³-hybridized carbons (Fsp3) is 0.737. The first-order chi connectivity index (χ1) is 13.8. The molecule has 29 heavy (non-hydrogen) atoms. The lowest BCUT2D eigenvalue weighted by Gasteiger charge is -2.47. The molecular weight excluding hydrogens is 398 g/mol. The Kier molecular flexibility index (Phi) is 5.08. The van der Waals surface area contributed by atoms with E-state index in [0.29, 0.717) is 31.4 Å². The van der Waals surface area contributed by atoms with E-state index < -0.39 is 46.7 Å². The number of hydrogen-bond donors (Lipinski definition) is 1. The maximum absolute atomic E-state index is 12.9. The van der Waals surface area contributed by atoms with E-state index in [0.717, 1.165) is 19.3 Å². The SMILES string of the molecule is C[C@@]12CCC(=O)N1[C@@H](C(=O)OCC(=O)N1CC(=O)NC(=O)C13CCCCC3)CS2. The average molecular weight is 423 g/mol. The predicted octanol–water partition coefficient (Wildman–Crippen LogP) is 0.172. The third kappa shape index (κ3) is 3.31. The van der Waals surface area contributed by atoms with E-state index in [2.05, 4.69) is 5.32 Å². The predicted molar refractivity (Wildman–Crippen MR) is 102 cm³/mol. The van der Waals surface area contributed by atoms with Gasteiger partial charge in [0.15, 0.2) is 6.61 Å². The first kappa shape index (κ1) is 20.2. The molecule has 3 saturated heterocycles. The molecule has 158 valence electrons. The largest absolute Gasteiger partial charge is 0.454 e. The second-order valence-corrected chi connectivity index (χ2v) is 9.82. The van der Waals surface area contributed by atoms with Gasteiger partial charge in [-0.25, -0.2) is 4.79 Å². The number of amides is 4. The zero-order chi connectivity index (χ0) is 20.8. The first-order valence-corrected chi connectivity index (χ1v) is 11.0. The Morgan fingerprint density at radius 3 is 2.62 bits per heavy atom. The summed E-state index contributed by atoms with van der Waals surface area (Å²) in [5, 5.41) is 2.34. The smallest absolute Gasteiger partial charge is 0.330 e. The highest BCUT2D eigenvalue weighted by Crippen LogP contribution is 2.47. The molecular formula is C19H25N3O6S. The molecule has 1 aliphatic carbocycles. The van der Waals surface area contributed by atoms with E-state index in [1.807, 2.05) is 6.92 Å². The maximum Gasteiger partial charge on any atom is 0.330 e. The van der Waals surface area contributed by atoms with Crippen molar-refractivity contribution in [2.24, 2.45) is 0 Å². The number of carbonyl (C=O) groups is 5. The van der Waals surface area contributed by atoms with Crippen LogP contribution in [0.15, 0.2) is 0 Å². The quantitative estimate of drug-likeness (QED) is 0.509. The third-order valence-electron chi connectivity index (χ3n) is 6.53. The van der Waals surface area contributed by atoms with Gasteiger partial charge in [-0.05, 0) is 26.2 Å². The molecule has 4 rings (SSSR count). The van der Waals surface area contributed by atoms with Crippen LogP contribution >= 0.6 is 11.8 Å². The Labute approximate surface area is 172 Å². The molecule has 1 saturated carbocycles. The van der Waals surface area contributed by atoms with Crippen molar-refractivity contribution in [1.29, 1.82) is 0 Å². The zero-order valence-electron chi connectivity index (χ0n) is 16.4. The minimum absolute atomic E-state index is 0.0785. The van der Waals surface area contributed by atoms with Gasteiger partial charge in [-0.15, -0.1) is 11.8 Å². The third-order valence-corrected chi connectivity index (χ3v) is 8.04. The van der Waals surface area contributed by atoms with Crippen molar-refractivity contribution in [1.82, 2.24) is 15.1 Å². The van der Waals surface area contributed by atoms with Gasteiger partial charge in [0.1, 0.15) is 18.1 Å². The van der Waals surface area contributed by atoms with Crippen LogP contribution in [0.5, 0.6) is 0 Å². The lowest BCUT2D eigenvalue weighted by molar-refractivity contribution is -0.166. The van der Waals surface area contributed by atoms with Crippen molar-refractivity contribution in [2.45, 2.75) is 68.3 Å². The molecule has 4 fully saturated rings. The number of rotatable bonds is 3. The minimum Gasteiger partial charge on any atom is -0.454 e. The summed E-state index contributed by atoms with van der Waals surface area (Å²) >= 11 is 1.55. The van der Waals surface area contributed by atoms with Crippen molar-refractivity contribution in [3.8, 4) is 0 Å². The average Bonchev–Trinajstić information content (AvgIpc) is 3.19. The molecule has 1 spiro atoms. The standard InChI is InChI=1S/C19H25N3O6S/c1-18-8-5-14(24)22(18)12(11-29-18)16(26)28-10-15(25)21-9-13(23)20-17(27)19(21)6-3-2-4-7-19/h12H,2-11H2,1H3,(H,20,23,27)/t12-,18-/m1/s1. The summed E-state index contributed by atoms with van der Waals surface area (Å²) in [5.41, 5.74) is -1.04. The molecule has 4 amide bonds. The number of nitrogens with one attached hydrogen (secondary N) is 1. The molecule has 3 aliphatic heterocycles. The monoisotopic (exact) mass is 423 g/mol. The van der Waals surface area contributed by atoms with Gasteiger partial charge in [-0.1, -0.05) is 19.3 Å². The van der Waals surface area contributed by atoms with E-state index in [-0.39, 0.29) is 12.5 Å². The Bertz CT molecular complexity index is 780.